The predicted octanol–water partition coefficient (Wildman–Crippen LogP) is 6.62. The van der Waals surface area contributed by atoms with E-state index in [2.05, 4.69) is 59.2 Å². The third kappa shape index (κ3) is 3.11. The van der Waals surface area contributed by atoms with Crippen molar-refractivity contribution in [1.29, 1.82) is 0 Å². The summed E-state index contributed by atoms with van der Waals surface area (Å²) in [7, 11) is 1.67. The van der Waals surface area contributed by atoms with Crippen LogP contribution in [0.4, 0.5) is 0 Å². The van der Waals surface area contributed by atoms with Crippen LogP contribution in [0.15, 0.2) is 108 Å². The molecule has 4 nitrogen and oxygen atoms in total. The van der Waals surface area contributed by atoms with Gasteiger partial charge in [-0.2, -0.15) is 0 Å². The molecule has 6 rings (SSSR count). The Bertz CT molecular complexity index is 1600. The second-order valence-corrected chi connectivity index (χ2v) is 9.40. The summed E-state index contributed by atoms with van der Waals surface area (Å²) in [6.07, 6.45) is -0.0230. The summed E-state index contributed by atoms with van der Waals surface area (Å²) in [5.74, 6) is 1.33. The largest absolute Gasteiger partial charge is 0.493 e. The Morgan fingerprint density at radius 2 is 1.36 bits per heavy atom. The molecule has 1 aliphatic heterocycles. The van der Waals surface area contributed by atoms with Crippen LogP contribution in [0.2, 0.25) is 0 Å². The van der Waals surface area contributed by atoms with Crippen LogP contribution in [0.3, 0.4) is 0 Å². The number of nitrogens with zero attached hydrogens (tertiary/aromatic N) is 1. The first-order valence-electron chi connectivity index (χ1n) is 12.2. The lowest BCUT2D eigenvalue weighted by atomic mass is 9.77. The van der Waals surface area contributed by atoms with Crippen LogP contribution >= 0.6 is 0 Å². The van der Waals surface area contributed by atoms with Gasteiger partial charge in [0.05, 0.1) is 24.4 Å². The van der Waals surface area contributed by atoms with Gasteiger partial charge in [-0.25, -0.2) is 0 Å². The van der Waals surface area contributed by atoms with E-state index >= 15 is 0 Å². The Balaban J connectivity index is 1.86. The molecule has 0 saturated heterocycles. The fraction of sp³-hybridized carbons (Fsp3) is 0.156. The van der Waals surface area contributed by atoms with Gasteiger partial charge in [0.25, 0.3) is 0 Å². The summed E-state index contributed by atoms with van der Waals surface area (Å²) in [4.78, 5) is 13.3. The molecule has 4 aromatic carbocycles. The molecule has 36 heavy (non-hydrogen) atoms. The smallest absolute Gasteiger partial charge is 0.190 e. The van der Waals surface area contributed by atoms with Gasteiger partial charge in [-0.1, -0.05) is 72.8 Å². The molecule has 0 amide bonds. The number of ether oxygens (including phenoxy) is 2. The van der Waals surface area contributed by atoms with Crippen molar-refractivity contribution in [3.8, 4) is 22.8 Å². The third-order valence-electron chi connectivity index (χ3n) is 6.97. The molecule has 0 saturated carbocycles. The fourth-order valence-corrected chi connectivity index (χ4v) is 5.62. The minimum absolute atomic E-state index is 0.00173. The first-order chi connectivity index (χ1) is 17.6. The Morgan fingerprint density at radius 3 is 1.97 bits per heavy atom. The van der Waals surface area contributed by atoms with Crippen molar-refractivity contribution in [2.24, 2.45) is 0 Å². The van der Waals surface area contributed by atoms with Crippen molar-refractivity contribution in [3.05, 3.63) is 130 Å². The average Bonchev–Trinajstić information content (AvgIpc) is 3.19. The van der Waals surface area contributed by atoms with E-state index in [0.717, 1.165) is 33.5 Å². The average molecular weight is 474 g/mol. The summed E-state index contributed by atoms with van der Waals surface area (Å²) < 4.78 is 14.3. The molecule has 0 aliphatic carbocycles. The second-order valence-electron chi connectivity index (χ2n) is 9.40. The van der Waals surface area contributed by atoms with Crippen molar-refractivity contribution in [2.45, 2.75) is 25.5 Å². The first-order valence-corrected chi connectivity index (χ1v) is 12.2. The number of pyridine rings is 1. The second kappa shape index (κ2) is 8.42. The molecule has 0 atom stereocenters. The summed E-state index contributed by atoms with van der Waals surface area (Å²) in [5, 5.41) is 0.691. The fourth-order valence-electron chi connectivity index (χ4n) is 5.62. The molecule has 0 N–H and O–H groups in total. The lowest BCUT2D eigenvalue weighted by Gasteiger charge is -2.36. The predicted molar refractivity (Wildman–Crippen MR) is 144 cm³/mol. The summed E-state index contributed by atoms with van der Waals surface area (Å²) in [5.41, 5.74) is 5.23. The number of para-hydroxylation sites is 1. The maximum absolute atomic E-state index is 13.3. The van der Waals surface area contributed by atoms with Crippen LogP contribution in [0.1, 0.15) is 30.5 Å². The van der Waals surface area contributed by atoms with Gasteiger partial charge < -0.3 is 14.0 Å². The number of hydrogen-bond donors (Lipinski definition) is 0. The first kappa shape index (κ1) is 22.2. The molecule has 0 bridgehead atoms. The van der Waals surface area contributed by atoms with Gasteiger partial charge in [0, 0.05) is 22.6 Å². The Morgan fingerprint density at radius 1 is 0.750 bits per heavy atom. The lowest BCUT2D eigenvalue weighted by molar-refractivity contribution is 0.230. The highest BCUT2D eigenvalue weighted by Gasteiger charge is 2.47. The van der Waals surface area contributed by atoms with Gasteiger partial charge in [0.1, 0.15) is 5.54 Å². The molecule has 0 radical (unpaired) electrons. The van der Waals surface area contributed by atoms with Crippen LogP contribution in [-0.4, -0.2) is 17.8 Å². The van der Waals surface area contributed by atoms with E-state index in [1.807, 2.05) is 56.3 Å². The molecule has 0 unspecified atom stereocenters. The molecule has 4 heteroatoms. The monoisotopic (exact) mass is 473 g/mol. The highest BCUT2D eigenvalue weighted by Crippen LogP contribution is 2.54. The molecule has 1 aliphatic rings. The molecular formula is C32H27NO3. The van der Waals surface area contributed by atoms with E-state index in [-0.39, 0.29) is 11.5 Å². The third-order valence-corrected chi connectivity index (χ3v) is 6.97. The van der Waals surface area contributed by atoms with Crippen molar-refractivity contribution in [2.75, 3.05) is 7.11 Å². The van der Waals surface area contributed by atoms with Crippen LogP contribution in [-0.2, 0) is 5.54 Å². The van der Waals surface area contributed by atoms with E-state index in [1.54, 1.807) is 13.2 Å². The van der Waals surface area contributed by atoms with Gasteiger partial charge >= 0.3 is 0 Å². The van der Waals surface area contributed by atoms with Gasteiger partial charge in [0.15, 0.2) is 16.9 Å². The van der Waals surface area contributed by atoms with E-state index in [0.29, 0.717) is 16.9 Å². The van der Waals surface area contributed by atoms with Gasteiger partial charge in [-0.05, 0) is 49.2 Å². The zero-order valence-electron chi connectivity index (χ0n) is 20.6. The minimum atomic E-state index is -0.718. The number of hydrogen-bond acceptors (Lipinski definition) is 3. The molecular weight excluding hydrogens is 446 g/mol. The lowest BCUT2D eigenvalue weighted by Crippen LogP contribution is -2.36. The quantitative estimate of drug-likeness (QED) is 0.283. The minimum Gasteiger partial charge on any atom is -0.493 e. The van der Waals surface area contributed by atoms with Crippen LogP contribution in [0.5, 0.6) is 11.5 Å². The van der Waals surface area contributed by atoms with Crippen LogP contribution in [0, 0.1) is 0 Å². The Kier molecular flexibility index (Phi) is 5.18. The van der Waals surface area contributed by atoms with Gasteiger partial charge in [-0.15, -0.1) is 0 Å². The number of rotatable bonds is 5. The maximum Gasteiger partial charge on any atom is 0.190 e. The maximum atomic E-state index is 13.3. The van der Waals surface area contributed by atoms with E-state index in [4.69, 9.17) is 9.47 Å². The molecule has 0 spiro atoms. The van der Waals surface area contributed by atoms with E-state index in [1.165, 1.54) is 0 Å². The van der Waals surface area contributed by atoms with Crippen molar-refractivity contribution in [1.82, 2.24) is 4.57 Å². The standard InChI is InChI=1S/C32H27NO3/c1-21(2)36-31-18-25-26(19-30(31)35-3)32(22-12-6-4-7-13-22,23-14-8-5-9-15-23)33-27-17-11-10-16-24(27)29(34)20-28(25)33/h4-21H,1-3H3. The van der Waals surface area contributed by atoms with Gasteiger partial charge in [-0.3, -0.25) is 4.79 Å². The van der Waals surface area contributed by atoms with Crippen molar-refractivity contribution < 1.29 is 9.47 Å². The number of benzene rings is 4. The van der Waals surface area contributed by atoms with Crippen LogP contribution in [0.25, 0.3) is 22.2 Å². The normalized spacial score (nSPS) is 13.4. The van der Waals surface area contributed by atoms with Crippen molar-refractivity contribution in [3.63, 3.8) is 0 Å². The van der Waals surface area contributed by atoms with Crippen molar-refractivity contribution >= 4 is 10.9 Å². The number of fused-ring (bicyclic) bond motifs is 5. The van der Waals surface area contributed by atoms with E-state index in [9.17, 15) is 4.79 Å². The Labute approximate surface area is 210 Å². The number of aromatic nitrogens is 1. The highest BCUT2D eigenvalue weighted by molar-refractivity contribution is 5.89. The SMILES string of the molecule is COc1cc2c(cc1OC(C)C)-c1cc(=O)c3ccccc3n1C2(c1ccccc1)c1ccccc1. The molecule has 0 fully saturated rings. The molecule has 2 heterocycles. The summed E-state index contributed by atoms with van der Waals surface area (Å²) in [6.45, 7) is 3.99. The summed E-state index contributed by atoms with van der Waals surface area (Å²) in [6, 6.07) is 34.7. The number of methoxy groups -OCH3 is 1. The van der Waals surface area contributed by atoms with Crippen LogP contribution < -0.4 is 14.9 Å². The zero-order chi connectivity index (χ0) is 24.9. The topological polar surface area (TPSA) is 40.5 Å². The Hall–Kier alpha value is -4.31. The molecule has 1 aromatic heterocycles. The van der Waals surface area contributed by atoms with Gasteiger partial charge in [0.2, 0.25) is 0 Å². The highest BCUT2D eigenvalue weighted by atomic mass is 16.5. The van der Waals surface area contributed by atoms with E-state index < -0.39 is 5.54 Å². The molecule has 5 aromatic rings. The zero-order valence-corrected chi connectivity index (χ0v) is 20.6. The molecule has 178 valence electrons. The summed E-state index contributed by atoms with van der Waals surface area (Å²) >= 11 is 0.